The van der Waals surface area contributed by atoms with Crippen LogP contribution < -0.4 is 5.32 Å². The summed E-state index contributed by atoms with van der Waals surface area (Å²) in [5.74, 6) is -0.160. The van der Waals surface area contributed by atoms with Crippen molar-refractivity contribution in [2.75, 3.05) is 20.4 Å². The number of carbonyl (C=O) groups excluding carboxylic acids is 1. The van der Waals surface area contributed by atoms with Crippen molar-refractivity contribution in [3.8, 4) is 0 Å². The number of benzene rings is 2. The van der Waals surface area contributed by atoms with Crippen LogP contribution >= 0.6 is 11.8 Å². The third kappa shape index (κ3) is 4.37. The van der Waals surface area contributed by atoms with Crippen molar-refractivity contribution in [3.63, 3.8) is 0 Å². The van der Waals surface area contributed by atoms with Crippen LogP contribution in [0.4, 0.5) is 0 Å². The van der Waals surface area contributed by atoms with Gasteiger partial charge in [-0.2, -0.15) is 0 Å². The molecule has 2 aromatic carbocycles. The molecule has 0 fully saturated rings. The van der Waals surface area contributed by atoms with Gasteiger partial charge in [0.05, 0.1) is 4.90 Å². The van der Waals surface area contributed by atoms with Crippen molar-refractivity contribution in [2.24, 2.45) is 0 Å². The van der Waals surface area contributed by atoms with Crippen molar-refractivity contribution < 1.29 is 13.2 Å². The molecule has 2 rings (SSSR count). The molecule has 0 spiro atoms. The van der Waals surface area contributed by atoms with E-state index in [4.69, 9.17) is 0 Å². The summed E-state index contributed by atoms with van der Waals surface area (Å²) in [6.07, 6.45) is 1.98. The molecule has 0 atom stereocenters. The minimum atomic E-state index is -3.43. The number of hydrogen-bond acceptors (Lipinski definition) is 4. The standard InChI is InChI=1S/C17H20N2O3S2/c1-19(2)24(21,22)16-10-4-13(5-11-16)12-18-17(20)14-6-8-15(23-3)9-7-14/h4-11H,12H2,1-3H3,(H,18,20). The molecule has 7 heteroatoms. The molecule has 0 heterocycles. The minimum absolute atomic E-state index is 0.160. The molecule has 0 bridgehead atoms. The predicted octanol–water partition coefficient (Wildman–Crippen LogP) is 2.59. The van der Waals surface area contributed by atoms with Crippen LogP contribution in [0, 0.1) is 0 Å². The normalized spacial score (nSPS) is 11.5. The fourth-order valence-corrected chi connectivity index (χ4v) is 3.33. The lowest BCUT2D eigenvalue weighted by atomic mass is 10.2. The van der Waals surface area contributed by atoms with E-state index in [1.807, 2.05) is 18.4 Å². The summed E-state index contributed by atoms with van der Waals surface area (Å²) in [7, 11) is -0.447. The van der Waals surface area contributed by atoms with Gasteiger partial charge in [-0.3, -0.25) is 4.79 Å². The van der Waals surface area contributed by atoms with Gasteiger partial charge in [0.15, 0.2) is 0 Å². The van der Waals surface area contributed by atoms with Crippen LogP contribution in [0.3, 0.4) is 0 Å². The maximum absolute atomic E-state index is 12.1. The van der Waals surface area contributed by atoms with E-state index in [9.17, 15) is 13.2 Å². The van der Waals surface area contributed by atoms with E-state index in [1.54, 1.807) is 48.2 Å². The Balaban J connectivity index is 2.00. The number of sulfonamides is 1. The number of thioether (sulfide) groups is 1. The summed E-state index contributed by atoms with van der Waals surface area (Å²) in [6, 6.07) is 13.9. The molecule has 5 nitrogen and oxygen atoms in total. The molecule has 0 saturated heterocycles. The SMILES string of the molecule is CSc1ccc(C(=O)NCc2ccc(S(=O)(=O)N(C)C)cc2)cc1. The van der Waals surface area contributed by atoms with Gasteiger partial charge < -0.3 is 5.32 Å². The summed E-state index contributed by atoms with van der Waals surface area (Å²) < 4.78 is 25.2. The number of rotatable bonds is 6. The molecule has 24 heavy (non-hydrogen) atoms. The highest BCUT2D eigenvalue weighted by Gasteiger charge is 2.16. The molecule has 0 saturated carbocycles. The van der Waals surface area contributed by atoms with Gasteiger partial charge in [0.1, 0.15) is 0 Å². The van der Waals surface area contributed by atoms with Crippen LogP contribution in [0.1, 0.15) is 15.9 Å². The van der Waals surface area contributed by atoms with Crippen molar-refractivity contribution >= 4 is 27.7 Å². The maximum atomic E-state index is 12.1. The second kappa shape index (κ2) is 7.83. The second-order valence-electron chi connectivity index (χ2n) is 5.34. The van der Waals surface area contributed by atoms with Crippen LogP contribution in [-0.2, 0) is 16.6 Å². The van der Waals surface area contributed by atoms with Crippen LogP contribution in [-0.4, -0.2) is 39.0 Å². The number of hydrogen-bond donors (Lipinski definition) is 1. The first-order chi connectivity index (χ1) is 11.3. The number of nitrogens with one attached hydrogen (secondary N) is 1. The molecule has 1 amide bonds. The molecule has 0 aliphatic carbocycles. The van der Waals surface area contributed by atoms with Crippen LogP contribution in [0.2, 0.25) is 0 Å². The molecular weight excluding hydrogens is 344 g/mol. The second-order valence-corrected chi connectivity index (χ2v) is 8.37. The molecule has 128 valence electrons. The molecule has 0 unspecified atom stereocenters. The van der Waals surface area contributed by atoms with E-state index in [1.165, 1.54) is 18.4 Å². The van der Waals surface area contributed by atoms with E-state index >= 15 is 0 Å². The number of nitrogens with zero attached hydrogens (tertiary/aromatic N) is 1. The number of carbonyl (C=O) groups is 1. The van der Waals surface area contributed by atoms with Crippen molar-refractivity contribution in [1.29, 1.82) is 0 Å². The van der Waals surface area contributed by atoms with Gasteiger partial charge >= 0.3 is 0 Å². The first kappa shape index (κ1) is 18.5. The van der Waals surface area contributed by atoms with Gasteiger partial charge in [-0.25, -0.2) is 12.7 Å². The first-order valence-electron chi connectivity index (χ1n) is 7.28. The zero-order valence-corrected chi connectivity index (χ0v) is 15.4. The van der Waals surface area contributed by atoms with Gasteiger partial charge in [0.25, 0.3) is 5.91 Å². The summed E-state index contributed by atoms with van der Waals surface area (Å²) in [4.78, 5) is 13.4. The zero-order valence-electron chi connectivity index (χ0n) is 13.8. The van der Waals surface area contributed by atoms with Crippen LogP contribution in [0.5, 0.6) is 0 Å². The smallest absolute Gasteiger partial charge is 0.251 e. The van der Waals surface area contributed by atoms with Gasteiger partial charge in [-0.05, 0) is 48.2 Å². The van der Waals surface area contributed by atoms with Crippen LogP contribution in [0.15, 0.2) is 58.3 Å². The Kier molecular flexibility index (Phi) is 6.04. The third-order valence-corrected chi connectivity index (χ3v) is 6.08. The Morgan fingerprint density at radius 3 is 2.12 bits per heavy atom. The number of amides is 1. The Labute approximate surface area is 147 Å². The van der Waals surface area contributed by atoms with Crippen molar-refractivity contribution in [1.82, 2.24) is 9.62 Å². The summed E-state index contributed by atoms with van der Waals surface area (Å²) in [6.45, 7) is 0.339. The highest BCUT2D eigenvalue weighted by Crippen LogP contribution is 2.16. The quantitative estimate of drug-likeness (QED) is 0.800. The highest BCUT2D eigenvalue weighted by molar-refractivity contribution is 7.98. The highest BCUT2D eigenvalue weighted by atomic mass is 32.2. The lowest BCUT2D eigenvalue weighted by molar-refractivity contribution is 0.0951. The Morgan fingerprint density at radius 2 is 1.62 bits per heavy atom. The van der Waals surface area contributed by atoms with E-state index in [0.29, 0.717) is 12.1 Å². The Morgan fingerprint density at radius 1 is 1.04 bits per heavy atom. The molecule has 0 radical (unpaired) electrons. The average molecular weight is 364 g/mol. The van der Waals surface area contributed by atoms with Gasteiger partial charge in [0, 0.05) is 31.1 Å². The molecule has 0 aliphatic heterocycles. The molecular formula is C17H20N2O3S2. The Hall–Kier alpha value is -1.83. The molecule has 1 N–H and O–H groups in total. The minimum Gasteiger partial charge on any atom is -0.348 e. The Bertz CT molecular complexity index is 799. The van der Waals surface area contributed by atoms with E-state index < -0.39 is 10.0 Å². The fourth-order valence-electron chi connectivity index (χ4n) is 2.02. The molecule has 0 aromatic heterocycles. The largest absolute Gasteiger partial charge is 0.348 e. The monoisotopic (exact) mass is 364 g/mol. The fraction of sp³-hybridized carbons (Fsp3) is 0.235. The maximum Gasteiger partial charge on any atom is 0.251 e. The lowest BCUT2D eigenvalue weighted by Gasteiger charge is -2.12. The van der Waals surface area contributed by atoms with E-state index in [-0.39, 0.29) is 10.8 Å². The topological polar surface area (TPSA) is 66.5 Å². The van der Waals surface area contributed by atoms with E-state index in [2.05, 4.69) is 5.32 Å². The van der Waals surface area contributed by atoms with Crippen molar-refractivity contribution in [2.45, 2.75) is 16.3 Å². The van der Waals surface area contributed by atoms with Gasteiger partial charge in [-0.15, -0.1) is 11.8 Å². The van der Waals surface area contributed by atoms with Gasteiger partial charge in [0.2, 0.25) is 10.0 Å². The average Bonchev–Trinajstić information content (AvgIpc) is 2.60. The molecule has 0 aliphatic rings. The van der Waals surface area contributed by atoms with Crippen molar-refractivity contribution in [3.05, 3.63) is 59.7 Å². The van der Waals surface area contributed by atoms with Gasteiger partial charge in [-0.1, -0.05) is 12.1 Å². The molecule has 2 aromatic rings. The van der Waals surface area contributed by atoms with E-state index in [0.717, 1.165) is 10.5 Å². The zero-order chi connectivity index (χ0) is 17.7. The summed E-state index contributed by atoms with van der Waals surface area (Å²) >= 11 is 1.62. The van der Waals surface area contributed by atoms with Crippen LogP contribution in [0.25, 0.3) is 0 Å². The predicted molar refractivity (Wildman–Crippen MR) is 96.7 cm³/mol. The third-order valence-electron chi connectivity index (χ3n) is 3.51. The summed E-state index contributed by atoms with van der Waals surface area (Å²) in [5, 5.41) is 2.83. The first-order valence-corrected chi connectivity index (χ1v) is 9.95. The summed E-state index contributed by atoms with van der Waals surface area (Å²) in [5.41, 5.74) is 1.43. The lowest BCUT2D eigenvalue weighted by Crippen LogP contribution is -2.23.